The number of carbonyl (C=O) groups is 1. The molecule has 0 aliphatic carbocycles. The van der Waals surface area contributed by atoms with Gasteiger partial charge in [-0.25, -0.2) is 4.79 Å². The predicted octanol–water partition coefficient (Wildman–Crippen LogP) is 2.88. The van der Waals surface area contributed by atoms with E-state index in [-0.39, 0.29) is 5.97 Å². The molecule has 0 fully saturated rings. The third kappa shape index (κ3) is 3.10. The first-order valence-corrected chi connectivity index (χ1v) is 6.70. The molecule has 1 unspecified atom stereocenters. The van der Waals surface area contributed by atoms with Gasteiger partial charge in [0.05, 0.1) is 12.2 Å². The molecule has 1 aliphatic rings. The van der Waals surface area contributed by atoms with Crippen molar-refractivity contribution in [2.24, 2.45) is 5.92 Å². The first-order valence-electron chi connectivity index (χ1n) is 6.70. The molecule has 3 nitrogen and oxygen atoms in total. The summed E-state index contributed by atoms with van der Waals surface area (Å²) in [5.74, 6) is 0.239. The summed E-state index contributed by atoms with van der Waals surface area (Å²) in [6.45, 7) is 6.53. The maximum Gasteiger partial charge on any atom is 0.338 e. The summed E-state index contributed by atoms with van der Waals surface area (Å²) < 4.78 is 5.34. The zero-order valence-corrected chi connectivity index (χ0v) is 11.2. The van der Waals surface area contributed by atoms with Gasteiger partial charge in [-0.3, -0.25) is 0 Å². The van der Waals surface area contributed by atoms with Crippen LogP contribution in [0.3, 0.4) is 0 Å². The van der Waals surface area contributed by atoms with Crippen LogP contribution >= 0.6 is 0 Å². The van der Waals surface area contributed by atoms with E-state index >= 15 is 0 Å². The van der Waals surface area contributed by atoms with Gasteiger partial charge >= 0.3 is 5.97 Å². The van der Waals surface area contributed by atoms with E-state index in [0.29, 0.717) is 18.1 Å². The van der Waals surface area contributed by atoms with E-state index in [1.165, 1.54) is 11.1 Å². The molecule has 0 bridgehead atoms. The lowest BCUT2D eigenvalue weighted by atomic mass is 10.1. The summed E-state index contributed by atoms with van der Waals surface area (Å²) in [5.41, 5.74) is 3.16. The number of nitrogens with one attached hydrogen (secondary N) is 1. The fourth-order valence-corrected chi connectivity index (χ4v) is 2.30. The maximum atomic E-state index is 11.9. The smallest absolute Gasteiger partial charge is 0.338 e. The zero-order chi connectivity index (χ0) is 13.0. The minimum absolute atomic E-state index is 0.201. The van der Waals surface area contributed by atoms with Gasteiger partial charge in [-0.15, -0.1) is 0 Å². The Bertz CT molecular complexity index is 429. The van der Waals surface area contributed by atoms with Gasteiger partial charge in [0.2, 0.25) is 0 Å². The Balaban J connectivity index is 1.93. The average Bonchev–Trinajstić information content (AvgIpc) is 2.83. The molecule has 1 aromatic carbocycles. The van der Waals surface area contributed by atoms with Crippen molar-refractivity contribution in [3.63, 3.8) is 0 Å². The van der Waals surface area contributed by atoms with E-state index in [2.05, 4.69) is 19.2 Å². The highest BCUT2D eigenvalue weighted by atomic mass is 16.5. The molecule has 0 saturated heterocycles. The van der Waals surface area contributed by atoms with Gasteiger partial charge in [0.15, 0.2) is 0 Å². The molecule has 98 valence electrons. The molecule has 1 heterocycles. The van der Waals surface area contributed by atoms with Crippen LogP contribution in [0.15, 0.2) is 18.2 Å². The van der Waals surface area contributed by atoms with Crippen LogP contribution in [0.4, 0.5) is 0 Å². The van der Waals surface area contributed by atoms with Gasteiger partial charge in [-0.2, -0.15) is 0 Å². The maximum absolute atomic E-state index is 11.9. The molecular formula is C15H21NO2. The van der Waals surface area contributed by atoms with Gasteiger partial charge in [0.1, 0.15) is 0 Å². The van der Waals surface area contributed by atoms with E-state index in [4.69, 9.17) is 4.74 Å². The van der Waals surface area contributed by atoms with Crippen molar-refractivity contribution in [2.45, 2.75) is 39.8 Å². The molecule has 0 radical (unpaired) electrons. The number of hydrogen-bond acceptors (Lipinski definition) is 3. The van der Waals surface area contributed by atoms with Crippen molar-refractivity contribution in [1.82, 2.24) is 5.32 Å². The van der Waals surface area contributed by atoms with Crippen molar-refractivity contribution in [2.75, 3.05) is 6.61 Å². The van der Waals surface area contributed by atoms with E-state index in [1.807, 2.05) is 18.2 Å². The van der Waals surface area contributed by atoms with Crippen molar-refractivity contribution in [3.8, 4) is 0 Å². The van der Waals surface area contributed by atoms with Crippen LogP contribution in [0.1, 0.15) is 48.2 Å². The summed E-state index contributed by atoms with van der Waals surface area (Å²) in [6, 6.07) is 5.82. The summed E-state index contributed by atoms with van der Waals surface area (Å²) in [4.78, 5) is 11.9. The highest BCUT2D eigenvalue weighted by molar-refractivity contribution is 5.89. The first kappa shape index (κ1) is 13.1. The van der Waals surface area contributed by atoms with Crippen LogP contribution in [-0.4, -0.2) is 12.6 Å². The molecule has 3 heteroatoms. The van der Waals surface area contributed by atoms with Crippen LogP contribution in [0.25, 0.3) is 0 Å². The van der Waals surface area contributed by atoms with Crippen LogP contribution in [0.5, 0.6) is 0 Å². The van der Waals surface area contributed by atoms with E-state index in [1.54, 1.807) is 0 Å². The molecule has 0 saturated carbocycles. The van der Waals surface area contributed by atoms with Crippen molar-refractivity contribution < 1.29 is 9.53 Å². The summed E-state index contributed by atoms with van der Waals surface area (Å²) >= 11 is 0. The third-order valence-corrected chi connectivity index (χ3v) is 3.35. The fourth-order valence-electron chi connectivity index (χ4n) is 2.30. The number of hydrogen-bond donors (Lipinski definition) is 1. The molecule has 1 atom stereocenters. The Morgan fingerprint density at radius 2 is 2.17 bits per heavy atom. The topological polar surface area (TPSA) is 38.3 Å². The molecule has 0 spiro atoms. The number of esters is 1. The Morgan fingerprint density at radius 1 is 1.39 bits per heavy atom. The summed E-state index contributed by atoms with van der Waals surface area (Å²) in [5, 5.41) is 3.27. The fraction of sp³-hybridized carbons (Fsp3) is 0.533. The second-order valence-electron chi connectivity index (χ2n) is 5.08. The highest BCUT2D eigenvalue weighted by Crippen LogP contribution is 2.18. The Labute approximate surface area is 109 Å². The summed E-state index contributed by atoms with van der Waals surface area (Å²) in [6.07, 6.45) is 2.23. The minimum atomic E-state index is -0.201. The number of fused-ring (bicyclic) bond motifs is 1. The predicted molar refractivity (Wildman–Crippen MR) is 71.3 cm³/mol. The number of carbonyl (C=O) groups excluding carboxylic acids is 1. The Hall–Kier alpha value is -1.35. The average molecular weight is 247 g/mol. The normalized spacial score (nSPS) is 15.2. The number of benzene rings is 1. The molecule has 1 N–H and O–H groups in total. The monoisotopic (exact) mass is 247 g/mol. The van der Waals surface area contributed by atoms with Crippen molar-refractivity contribution in [1.29, 1.82) is 0 Å². The molecule has 2 rings (SSSR count). The van der Waals surface area contributed by atoms with Crippen LogP contribution in [0.2, 0.25) is 0 Å². The number of ether oxygens (including phenoxy) is 1. The second-order valence-corrected chi connectivity index (χ2v) is 5.08. The van der Waals surface area contributed by atoms with Gasteiger partial charge in [-0.1, -0.05) is 26.3 Å². The molecular weight excluding hydrogens is 226 g/mol. The highest BCUT2D eigenvalue weighted by Gasteiger charge is 2.14. The van der Waals surface area contributed by atoms with Crippen molar-refractivity contribution in [3.05, 3.63) is 34.9 Å². The molecule has 1 aromatic rings. The van der Waals surface area contributed by atoms with E-state index in [0.717, 1.165) is 25.9 Å². The van der Waals surface area contributed by atoms with E-state index < -0.39 is 0 Å². The van der Waals surface area contributed by atoms with Gasteiger partial charge in [0.25, 0.3) is 0 Å². The molecule has 18 heavy (non-hydrogen) atoms. The summed E-state index contributed by atoms with van der Waals surface area (Å²) in [7, 11) is 0. The minimum Gasteiger partial charge on any atom is -0.462 e. The van der Waals surface area contributed by atoms with E-state index in [9.17, 15) is 4.79 Å². The zero-order valence-electron chi connectivity index (χ0n) is 11.2. The molecule has 0 amide bonds. The van der Waals surface area contributed by atoms with Crippen LogP contribution in [0, 0.1) is 5.92 Å². The lowest BCUT2D eigenvalue weighted by Crippen LogP contribution is -2.12. The lowest BCUT2D eigenvalue weighted by molar-refractivity contribution is 0.0443. The largest absolute Gasteiger partial charge is 0.462 e. The Morgan fingerprint density at radius 3 is 2.94 bits per heavy atom. The van der Waals surface area contributed by atoms with Gasteiger partial charge in [-0.05, 0) is 35.6 Å². The second kappa shape index (κ2) is 6.01. The van der Waals surface area contributed by atoms with Crippen LogP contribution in [-0.2, 0) is 17.8 Å². The standard InChI is InChI=1S/C15H21NO2/c1-3-4-11(2)10-18-15(17)12-5-6-13-8-16-9-14(13)7-12/h5-7,11,16H,3-4,8-10H2,1-2H3. The lowest BCUT2D eigenvalue weighted by Gasteiger charge is -2.11. The van der Waals surface area contributed by atoms with Crippen LogP contribution < -0.4 is 5.32 Å². The van der Waals surface area contributed by atoms with Crippen molar-refractivity contribution >= 4 is 5.97 Å². The quantitative estimate of drug-likeness (QED) is 0.813. The molecule has 0 aromatic heterocycles. The van der Waals surface area contributed by atoms with Gasteiger partial charge in [0, 0.05) is 13.1 Å². The number of rotatable bonds is 5. The SMILES string of the molecule is CCCC(C)COC(=O)c1ccc2c(c1)CNC2. The van der Waals surface area contributed by atoms with Gasteiger partial charge < -0.3 is 10.1 Å². The third-order valence-electron chi connectivity index (χ3n) is 3.35. The Kier molecular flexibility index (Phi) is 4.37. The first-order chi connectivity index (χ1) is 8.70. The molecule has 1 aliphatic heterocycles.